The van der Waals surface area contributed by atoms with Crippen LogP contribution in [0.15, 0.2) is 76.9 Å². The quantitative estimate of drug-likeness (QED) is 0.367. The molecular formula is C25H25N5O4S. The summed E-state index contributed by atoms with van der Waals surface area (Å²) in [5, 5.41) is 0.705. The van der Waals surface area contributed by atoms with Gasteiger partial charge in [-0.3, -0.25) is 0 Å². The molecule has 2 aromatic heterocycles. The Hall–Kier alpha value is -3.92. The monoisotopic (exact) mass is 491 g/mol. The number of hydrogen-bond acceptors (Lipinski definition) is 9. The second-order valence-electron chi connectivity index (χ2n) is 7.89. The van der Waals surface area contributed by atoms with E-state index in [-0.39, 0.29) is 12.7 Å². The zero-order valence-electron chi connectivity index (χ0n) is 19.4. The van der Waals surface area contributed by atoms with Crippen LogP contribution in [0.2, 0.25) is 0 Å². The Morgan fingerprint density at radius 2 is 1.97 bits per heavy atom. The van der Waals surface area contributed by atoms with Gasteiger partial charge in [0.15, 0.2) is 22.1 Å². The average molecular weight is 492 g/mol. The Bertz CT molecular complexity index is 1360. The summed E-state index contributed by atoms with van der Waals surface area (Å²) >= 11 is 1.45. The summed E-state index contributed by atoms with van der Waals surface area (Å²) in [6.07, 6.45) is 3.90. The molecule has 0 amide bonds. The number of methoxy groups -OCH3 is 2. The van der Waals surface area contributed by atoms with Crippen LogP contribution < -0.4 is 15.2 Å². The fraction of sp³-hybridized carbons (Fsp3) is 0.240. The van der Waals surface area contributed by atoms with Gasteiger partial charge in [-0.2, -0.15) is 0 Å². The Kier molecular flexibility index (Phi) is 6.62. The molecule has 3 heterocycles. The van der Waals surface area contributed by atoms with Crippen molar-refractivity contribution in [2.75, 3.05) is 26.7 Å². The van der Waals surface area contributed by atoms with E-state index in [2.05, 4.69) is 22.1 Å². The molecule has 5 rings (SSSR count). The molecule has 0 fully saturated rings. The molecule has 0 bridgehead atoms. The number of hydrogen-bond donors (Lipinski definition) is 1. The third kappa shape index (κ3) is 4.83. The fourth-order valence-electron chi connectivity index (χ4n) is 3.98. The van der Waals surface area contributed by atoms with E-state index in [0.717, 1.165) is 22.8 Å². The van der Waals surface area contributed by atoms with Gasteiger partial charge in [0.05, 0.1) is 19.1 Å². The van der Waals surface area contributed by atoms with E-state index < -0.39 is 0 Å². The lowest BCUT2D eigenvalue weighted by atomic mass is 9.97. The molecule has 2 N–H and O–H groups in total. The minimum atomic E-state index is -0.0138. The number of anilines is 1. The summed E-state index contributed by atoms with van der Waals surface area (Å²) < 4.78 is 24.2. The Labute approximate surface area is 206 Å². The predicted molar refractivity (Wildman–Crippen MR) is 132 cm³/mol. The summed E-state index contributed by atoms with van der Waals surface area (Å²) in [7, 11) is 3.27. The molecule has 0 aliphatic carbocycles. The van der Waals surface area contributed by atoms with Gasteiger partial charge >= 0.3 is 0 Å². The molecule has 0 radical (unpaired) electrons. The highest BCUT2D eigenvalue weighted by Gasteiger charge is 2.26. The SMILES string of the molecule is COc1ccc(OC)c(Sc2nc3c(N)ncnc3n2CC(Cc2ccccc2)C2=COCO2)c1. The van der Waals surface area contributed by atoms with Crippen molar-refractivity contribution in [1.29, 1.82) is 0 Å². The van der Waals surface area contributed by atoms with E-state index in [9.17, 15) is 0 Å². The largest absolute Gasteiger partial charge is 0.497 e. The Morgan fingerprint density at radius 3 is 2.71 bits per heavy atom. The summed E-state index contributed by atoms with van der Waals surface area (Å²) in [5.41, 5.74) is 8.57. The molecule has 2 aromatic carbocycles. The molecule has 180 valence electrons. The van der Waals surface area contributed by atoms with Gasteiger partial charge in [0.1, 0.15) is 29.8 Å². The number of imidazole rings is 1. The van der Waals surface area contributed by atoms with Crippen molar-refractivity contribution >= 4 is 28.7 Å². The molecule has 1 unspecified atom stereocenters. The first-order valence-electron chi connectivity index (χ1n) is 11.0. The highest BCUT2D eigenvalue weighted by atomic mass is 32.2. The molecule has 1 atom stereocenters. The first-order valence-corrected chi connectivity index (χ1v) is 11.8. The molecule has 0 saturated heterocycles. The number of aromatic nitrogens is 4. The van der Waals surface area contributed by atoms with Gasteiger partial charge in [0, 0.05) is 12.5 Å². The van der Waals surface area contributed by atoms with Crippen LogP contribution >= 0.6 is 11.8 Å². The van der Waals surface area contributed by atoms with Gasteiger partial charge in [-0.05, 0) is 41.9 Å². The molecule has 1 aliphatic rings. The summed E-state index contributed by atoms with van der Waals surface area (Å²) in [4.78, 5) is 14.3. The van der Waals surface area contributed by atoms with Crippen molar-refractivity contribution in [1.82, 2.24) is 19.5 Å². The van der Waals surface area contributed by atoms with Gasteiger partial charge < -0.3 is 29.2 Å². The minimum Gasteiger partial charge on any atom is -0.497 e. The number of nitrogens with two attached hydrogens (primary N) is 1. The first kappa shape index (κ1) is 22.9. The molecular weight excluding hydrogens is 466 g/mol. The van der Waals surface area contributed by atoms with Gasteiger partial charge in [-0.25, -0.2) is 15.0 Å². The number of nitrogens with zero attached hydrogens (tertiary/aromatic N) is 4. The van der Waals surface area contributed by atoms with E-state index >= 15 is 0 Å². The van der Waals surface area contributed by atoms with Crippen molar-refractivity contribution < 1.29 is 18.9 Å². The number of benzene rings is 2. The zero-order chi connectivity index (χ0) is 24.2. The lowest BCUT2D eigenvalue weighted by molar-refractivity contribution is 0.0688. The number of fused-ring (bicyclic) bond motifs is 1. The average Bonchev–Trinajstić information content (AvgIpc) is 3.54. The number of nitrogen functional groups attached to an aromatic ring is 1. The maximum atomic E-state index is 6.17. The molecule has 9 nitrogen and oxygen atoms in total. The zero-order valence-corrected chi connectivity index (χ0v) is 20.2. The van der Waals surface area contributed by atoms with Crippen LogP contribution in [-0.2, 0) is 22.4 Å². The third-order valence-corrected chi connectivity index (χ3v) is 6.75. The highest BCUT2D eigenvalue weighted by molar-refractivity contribution is 7.99. The summed E-state index contributed by atoms with van der Waals surface area (Å²) in [6, 6.07) is 15.9. The van der Waals surface area contributed by atoms with Crippen molar-refractivity contribution in [3.63, 3.8) is 0 Å². The molecule has 1 aliphatic heterocycles. The van der Waals surface area contributed by atoms with Gasteiger partial charge in [0.2, 0.25) is 6.79 Å². The predicted octanol–water partition coefficient (Wildman–Crippen LogP) is 4.28. The van der Waals surface area contributed by atoms with E-state index in [1.54, 1.807) is 20.5 Å². The van der Waals surface area contributed by atoms with Crippen LogP contribution in [0.4, 0.5) is 5.82 Å². The van der Waals surface area contributed by atoms with Crippen molar-refractivity contribution in [3.8, 4) is 11.5 Å². The minimum absolute atomic E-state index is 0.0138. The van der Waals surface area contributed by atoms with E-state index in [0.29, 0.717) is 34.4 Å². The maximum Gasteiger partial charge on any atom is 0.229 e. The molecule has 4 aromatic rings. The van der Waals surface area contributed by atoms with Crippen LogP contribution in [0.3, 0.4) is 0 Å². The van der Waals surface area contributed by atoms with Crippen molar-refractivity contribution in [2.45, 2.75) is 23.0 Å². The van der Waals surface area contributed by atoms with Gasteiger partial charge in [-0.1, -0.05) is 30.3 Å². The van der Waals surface area contributed by atoms with Crippen molar-refractivity contribution in [2.24, 2.45) is 5.92 Å². The van der Waals surface area contributed by atoms with Crippen LogP contribution in [0, 0.1) is 5.92 Å². The fourth-order valence-corrected chi connectivity index (χ4v) is 5.01. The topological polar surface area (TPSA) is 107 Å². The van der Waals surface area contributed by atoms with Gasteiger partial charge in [-0.15, -0.1) is 0 Å². The van der Waals surface area contributed by atoms with E-state index in [4.69, 9.17) is 29.7 Å². The normalized spacial score (nSPS) is 13.7. The Morgan fingerprint density at radius 1 is 1.11 bits per heavy atom. The standard InChI is InChI=1S/C25H25N5O4S/c1-31-18-8-9-19(32-2)21(11-18)35-25-29-22-23(26)27-14-28-24(22)30(25)12-17(20-13-33-15-34-20)10-16-6-4-3-5-7-16/h3-9,11,13-14,17H,10,12,15H2,1-2H3,(H2,26,27,28). The smallest absolute Gasteiger partial charge is 0.229 e. The first-order chi connectivity index (χ1) is 17.2. The third-order valence-electron chi connectivity index (χ3n) is 5.72. The summed E-state index contributed by atoms with van der Waals surface area (Å²) in [5.74, 6) is 2.53. The highest BCUT2D eigenvalue weighted by Crippen LogP contribution is 2.39. The number of ether oxygens (including phenoxy) is 4. The molecule has 0 spiro atoms. The van der Waals surface area contributed by atoms with Crippen molar-refractivity contribution in [3.05, 3.63) is 72.4 Å². The van der Waals surface area contributed by atoms with Crippen LogP contribution in [0.1, 0.15) is 5.56 Å². The molecule has 10 heteroatoms. The maximum absolute atomic E-state index is 6.17. The molecule has 35 heavy (non-hydrogen) atoms. The molecule has 0 saturated carbocycles. The number of allylic oxidation sites excluding steroid dienone is 1. The second kappa shape index (κ2) is 10.1. The van der Waals surface area contributed by atoms with E-state index in [1.807, 2.05) is 41.0 Å². The summed E-state index contributed by atoms with van der Waals surface area (Å²) in [6.45, 7) is 0.759. The van der Waals surface area contributed by atoms with Gasteiger partial charge in [0.25, 0.3) is 0 Å². The van der Waals surface area contributed by atoms with Crippen LogP contribution in [-0.4, -0.2) is 40.5 Å². The lowest BCUT2D eigenvalue weighted by Crippen LogP contribution is -2.17. The van der Waals surface area contributed by atoms with E-state index in [1.165, 1.54) is 23.7 Å². The number of rotatable bonds is 9. The van der Waals surface area contributed by atoms with Crippen LogP contribution in [0.5, 0.6) is 11.5 Å². The Balaban J connectivity index is 1.57. The van der Waals surface area contributed by atoms with Crippen LogP contribution in [0.25, 0.3) is 11.2 Å². The second-order valence-corrected chi connectivity index (χ2v) is 8.90. The lowest BCUT2D eigenvalue weighted by Gasteiger charge is -2.19.